The predicted molar refractivity (Wildman–Crippen MR) is 99.3 cm³/mol. The smallest absolute Gasteiger partial charge is 0.245 e. The molecule has 1 N–H and O–H groups in total. The molecule has 2 aliphatic rings. The van der Waals surface area contributed by atoms with Gasteiger partial charge in [0.25, 0.3) is 0 Å². The van der Waals surface area contributed by atoms with Gasteiger partial charge in [0, 0.05) is 37.9 Å². The first-order chi connectivity index (χ1) is 12.6. The molecular weight excluding hydrogens is 328 g/mol. The van der Waals surface area contributed by atoms with Gasteiger partial charge in [-0.05, 0) is 43.5 Å². The number of likely N-dealkylation sites (tertiary alicyclic amines) is 2. The number of piperidine rings is 1. The first-order valence-electron chi connectivity index (χ1n) is 9.07. The van der Waals surface area contributed by atoms with E-state index >= 15 is 0 Å². The molecular formula is C20H24N4O2. The summed E-state index contributed by atoms with van der Waals surface area (Å²) in [6.45, 7) is 6.10. The SMILES string of the molecule is C=CC(=O)N1CCCC(C(=O)N2CCC(Nc3cccc(C#N)c3)C2)C1. The van der Waals surface area contributed by atoms with Gasteiger partial charge in [0.2, 0.25) is 11.8 Å². The van der Waals surface area contributed by atoms with Crippen molar-refractivity contribution < 1.29 is 9.59 Å². The maximum Gasteiger partial charge on any atom is 0.245 e. The van der Waals surface area contributed by atoms with E-state index in [4.69, 9.17) is 5.26 Å². The monoisotopic (exact) mass is 352 g/mol. The molecule has 0 aliphatic carbocycles. The van der Waals surface area contributed by atoms with Crippen LogP contribution in [0.1, 0.15) is 24.8 Å². The van der Waals surface area contributed by atoms with E-state index in [9.17, 15) is 9.59 Å². The molecule has 1 aromatic carbocycles. The number of nitrogens with one attached hydrogen (secondary N) is 1. The largest absolute Gasteiger partial charge is 0.380 e. The highest BCUT2D eigenvalue weighted by Gasteiger charge is 2.34. The average molecular weight is 352 g/mol. The summed E-state index contributed by atoms with van der Waals surface area (Å²) in [6, 6.07) is 9.70. The van der Waals surface area contributed by atoms with Crippen LogP contribution >= 0.6 is 0 Å². The Morgan fingerprint density at radius 3 is 2.85 bits per heavy atom. The molecule has 26 heavy (non-hydrogen) atoms. The number of hydrogen-bond acceptors (Lipinski definition) is 4. The molecule has 6 nitrogen and oxygen atoms in total. The normalized spacial score (nSPS) is 22.6. The van der Waals surface area contributed by atoms with Crippen LogP contribution in [0.5, 0.6) is 0 Å². The summed E-state index contributed by atoms with van der Waals surface area (Å²) >= 11 is 0. The van der Waals surface area contributed by atoms with Crippen LogP contribution in [0.15, 0.2) is 36.9 Å². The fraction of sp³-hybridized carbons (Fsp3) is 0.450. The van der Waals surface area contributed by atoms with Gasteiger partial charge in [-0.15, -0.1) is 0 Å². The second kappa shape index (κ2) is 8.05. The molecule has 0 saturated carbocycles. The third kappa shape index (κ3) is 4.05. The van der Waals surface area contributed by atoms with Crippen LogP contribution in [-0.2, 0) is 9.59 Å². The zero-order valence-corrected chi connectivity index (χ0v) is 14.9. The summed E-state index contributed by atoms with van der Waals surface area (Å²) in [7, 11) is 0. The summed E-state index contributed by atoms with van der Waals surface area (Å²) in [5, 5.41) is 12.4. The van der Waals surface area contributed by atoms with Crippen molar-refractivity contribution >= 4 is 17.5 Å². The van der Waals surface area contributed by atoms with Crippen LogP contribution in [0.4, 0.5) is 5.69 Å². The molecule has 1 aromatic rings. The Balaban J connectivity index is 1.56. The third-order valence-electron chi connectivity index (χ3n) is 5.12. The van der Waals surface area contributed by atoms with Crippen LogP contribution in [-0.4, -0.2) is 53.8 Å². The number of hydrogen-bond donors (Lipinski definition) is 1. The first-order valence-corrected chi connectivity index (χ1v) is 9.07. The van der Waals surface area contributed by atoms with Crippen molar-refractivity contribution in [2.45, 2.75) is 25.3 Å². The average Bonchev–Trinajstić information content (AvgIpc) is 3.15. The lowest BCUT2D eigenvalue weighted by Gasteiger charge is -2.33. The van der Waals surface area contributed by atoms with Crippen molar-refractivity contribution in [2.24, 2.45) is 5.92 Å². The second-order valence-electron chi connectivity index (χ2n) is 6.93. The molecule has 2 saturated heterocycles. The minimum Gasteiger partial charge on any atom is -0.380 e. The minimum atomic E-state index is -0.117. The third-order valence-corrected chi connectivity index (χ3v) is 5.12. The van der Waals surface area contributed by atoms with Gasteiger partial charge in [0.05, 0.1) is 17.6 Å². The quantitative estimate of drug-likeness (QED) is 0.841. The van der Waals surface area contributed by atoms with Crippen molar-refractivity contribution in [3.05, 3.63) is 42.5 Å². The Kier molecular flexibility index (Phi) is 5.57. The van der Waals surface area contributed by atoms with E-state index in [-0.39, 0.29) is 23.8 Å². The van der Waals surface area contributed by atoms with Gasteiger partial charge >= 0.3 is 0 Å². The summed E-state index contributed by atoms with van der Waals surface area (Å²) in [6.07, 6.45) is 3.88. The molecule has 0 radical (unpaired) electrons. The van der Waals surface area contributed by atoms with Crippen molar-refractivity contribution in [1.82, 2.24) is 9.80 Å². The molecule has 2 aliphatic heterocycles. The standard InChI is InChI=1S/C20H24N4O2/c1-2-19(25)23-9-4-6-16(13-23)20(26)24-10-8-18(14-24)22-17-7-3-5-15(11-17)12-21/h2-3,5,7,11,16,18,22H,1,4,6,8-10,13-14H2. The van der Waals surface area contributed by atoms with Crippen molar-refractivity contribution in [2.75, 3.05) is 31.5 Å². The zero-order chi connectivity index (χ0) is 18.5. The van der Waals surface area contributed by atoms with Crippen molar-refractivity contribution in [3.63, 3.8) is 0 Å². The van der Waals surface area contributed by atoms with Crippen LogP contribution in [0.3, 0.4) is 0 Å². The fourth-order valence-corrected chi connectivity index (χ4v) is 3.76. The van der Waals surface area contributed by atoms with E-state index in [0.717, 1.165) is 31.5 Å². The number of amides is 2. The van der Waals surface area contributed by atoms with Crippen LogP contribution < -0.4 is 5.32 Å². The van der Waals surface area contributed by atoms with E-state index in [1.807, 2.05) is 23.1 Å². The lowest BCUT2D eigenvalue weighted by molar-refractivity contribution is -0.138. The number of nitriles is 1. The van der Waals surface area contributed by atoms with E-state index in [1.54, 1.807) is 11.0 Å². The number of benzene rings is 1. The Bertz CT molecular complexity index is 740. The number of carbonyl (C=O) groups excluding carboxylic acids is 2. The lowest BCUT2D eigenvalue weighted by atomic mass is 9.96. The molecule has 0 spiro atoms. The molecule has 2 fully saturated rings. The van der Waals surface area contributed by atoms with Crippen molar-refractivity contribution in [3.8, 4) is 6.07 Å². The number of carbonyl (C=O) groups is 2. The van der Waals surface area contributed by atoms with E-state index in [0.29, 0.717) is 25.2 Å². The van der Waals surface area contributed by atoms with E-state index in [2.05, 4.69) is 18.0 Å². The van der Waals surface area contributed by atoms with Gasteiger partial charge in [0.15, 0.2) is 0 Å². The predicted octanol–water partition coefficient (Wildman–Crippen LogP) is 2.00. The molecule has 2 atom stereocenters. The molecule has 0 aromatic heterocycles. The summed E-state index contributed by atoms with van der Waals surface area (Å²) in [5.41, 5.74) is 1.53. The van der Waals surface area contributed by atoms with Crippen LogP contribution in [0, 0.1) is 17.2 Å². The van der Waals surface area contributed by atoms with Gasteiger partial charge in [-0.3, -0.25) is 9.59 Å². The van der Waals surface area contributed by atoms with Gasteiger partial charge < -0.3 is 15.1 Å². The first kappa shape index (κ1) is 18.0. The molecule has 2 heterocycles. The summed E-state index contributed by atoms with van der Waals surface area (Å²) < 4.78 is 0. The molecule has 2 amide bonds. The second-order valence-corrected chi connectivity index (χ2v) is 6.93. The van der Waals surface area contributed by atoms with Gasteiger partial charge in [-0.2, -0.15) is 5.26 Å². The van der Waals surface area contributed by atoms with E-state index < -0.39 is 0 Å². The van der Waals surface area contributed by atoms with Crippen LogP contribution in [0.2, 0.25) is 0 Å². The Morgan fingerprint density at radius 2 is 2.08 bits per heavy atom. The molecule has 3 rings (SSSR count). The van der Waals surface area contributed by atoms with Crippen LogP contribution in [0.25, 0.3) is 0 Å². The number of rotatable bonds is 4. The van der Waals surface area contributed by atoms with Gasteiger partial charge in [-0.25, -0.2) is 0 Å². The van der Waals surface area contributed by atoms with Crippen molar-refractivity contribution in [1.29, 1.82) is 5.26 Å². The van der Waals surface area contributed by atoms with Gasteiger partial charge in [0.1, 0.15) is 0 Å². The maximum atomic E-state index is 12.8. The summed E-state index contributed by atoms with van der Waals surface area (Å²) in [5.74, 6) is -0.0733. The highest BCUT2D eigenvalue weighted by Crippen LogP contribution is 2.23. The molecule has 6 heteroatoms. The highest BCUT2D eigenvalue weighted by atomic mass is 16.2. The molecule has 0 bridgehead atoms. The Morgan fingerprint density at radius 1 is 1.23 bits per heavy atom. The maximum absolute atomic E-state index is 12.8. The molecule has 136 valence electrons. The summed E-state index contributed by atoms with van der Waals surface area (Å²) in [4.78, 5) is 28.3. The topological polar surface area (TPSA) is 76.4 Å². The Labute approximate surface area is 154 Å². The zero-order valence-electron chi connectivity index (χ0n) is 14.9. The van der Waals surface area contributed by atoms with Gasteiger partial charge in [-0.1, -0.05) is 12.6 Å². The highest BCUT2D eigenvalue weighted by molar-refractivity contribution is 5.88. The number of anilines is 1. The molecule has 2 unspecified atom stereocenters. The fourth-order valence-electron chi connectivity index (χ4n) is 3.76. The van der Waals surface area contributed by atoms with E-state index in [1.165, 1.54) is 6.08 Å². The minimum absolute atomic E-state index is 0.0964. The lowest BCUT2D eigenvalue weighted by Crippen LogP contribution is -2.46. The number of nitrogens with zero attached hydrogens (tertiary/aromatic N) is 3. The Hall–Kier alpha value is -2.81.